The van der Waals surface area contributed by atoms with Gasteiger partial charge in [-0.3, -0.25) is 4.79 Å². The van der Waals surface area contributed by atoms with Crippen molar-refractivity contribution < 1.29 is 13.6 Å². The molecule has 8 heteroatoms. The first kappa shape index (κ1) is 16.9. The third kappa shape index (κ3) is 2.58. The van der Waals surface area contributed by atoms with E-state index in [9.17, 15) is 14.9 Å². The minimum absolute atomic E-state index is 0.0139. The lowest BCUT2D eigenvalue weighted by molar-refractivity contribution is 0.371. The van der Waals surface area contributed by atoms with E-state index in [0.717, 1.165) is 0 Å². The van der Waals surface area contributed by atoms with Crippen molar-refractivity contribution in [2.45, 2.75) is 12.8 Å². The number of allylic oxidation sites excluding steroid dienone is 1. The second-order valence-corrected chi connectivity index (χ2v) is 6.44. The van der Waals surface area contributed by atoms with Crippen LogP contribution in [0.5, 0.6) is 5.75 Å². The van der Waals surface area contributed by atoms with Crippen LogP contribution >= 0.6 is 11.6 Å². The quantitative estimate of drug-likeness (QED) is 0.686. The lowest BCUT2D eigenvalue weighted by Gasteiger charge is -2.24. The Labute approximate surface area is 156 Å². The molecule has 4 rings (SSSR count). The summed E-state index contributed by atoms with van der Waals surface area (Å²) in [5.74, 6) is -0.820. The van der Waals surface area contributed by atoms with Gasteiger partial charge in [-0.25, -0.2) is 4.79 Å². The van der Waals surface area contributed by atoms with Gasteiger partial charge in [-0.1, -0.05) is 11.6 Å². The van der Waals surface area contributed by atoms with Crippen molar-refractivity contribution in [1.82, 2.24) is 0 Å². The molecule has 134 valence electrons. The number of hydrogen-bond acceptors (Lipinski definition) is 7. The molecule has 0 saturated carbocycles. The van der Waals surface area contributed by atoms with Crippen LogP contribution in [0.4, 0.5) is 0 Å². The second kappa shape index (κ2) is 6.04. The number of nitrogens with two attached hydrogens (primary N) is 1. The first-order chi connectivity index (χ1) is 12.9. The van der Waals surface area contributed by atoms with Gasteiger partial charge in [0, 0.05) is 16.7 Å². The summed E-state index contributed by atoms with van der Waals surface area (Å²) in [4.78, 5) is 25.6. The van der Waals surface area contributed by atoms with Gasteiger partial charge in [-0.05, 0) is 25.1 Å². The summed E-state index contributed by atoms with van der Waals surface area (Å²) in [7, 11) is 0. The molecular formula is C19H11ClN2O5. The molecule has 0 spiro atoms. The summed E-state index contributed by atoms with van der Waals surface area (Å²) in [5.41, 5.74) is 5.04. The fraction of sp³-hybridized carbons (Fsp3) is 0.105. The summed E-state index contributed by atoms with van der Waals surface area (Å²) >= 11 is 5.98. The molecule has 1 aromatic carbocycles. The Bertz CT molecular complexity index is 1300. The summed E-state index contributed by atoms with van der Waals surface area (Å²) < 4.78 is 16.1. The molecule has 1 aliphatic rings. The Balaban J connectivity index is 2.08. The lowest BCUT2D eigenvalue weighted by atomic mass is 9.84. The number of benzene rings is 1. The highest BCUT2D eigenvalue weighted by Gasteiger charge is 2.36. The number of ether oxygens (including phenoxy) is 1. The summed E-state index contributed by atoms with van der Waals surface area (Å²) in [5, 5.41) is 10.1. The molecule has 7 nitrogen and oxygen atoms in total. The zero-order valence-electron chi connectivity index (χ0n) is 13.9. The minimum Gasteiger partial charge on any atom is -0.464 e. The smallest absolute Gasteiger partial charge is 0.343 e. The van der Waals surface area contributed by atoms with Crippen molar-refractivity contribution in [3.05, 3.63) is 84.5 Å². The van der Waals surface area contributed by atoms with Gasteiger partial charge >= 0.3 is 5.63 Å². The van der Waals surface area contributed by atoms with Crippen molar-refractivity contribution in [1.29, 1.82) is 5.26 Å². The third-order valence-electron chi connectivity index (χ3n) is 4.33. The van der Waals surface area contributed by atoms with E-state index < -0.39 is 17.0 Å². The van der Waals surface area contributed by atoms with Crippen LogP contribution in [-0.2, 0) is 0 Å². The average Bonchev–Trinajstić information content (AvgIpc) is 2.61. The maximum Gasteiger partial charge on any atom is 0.343 e. The van der Waals surface area contributed by atoms with E-state index in [4.69, 9.17) is 30.9 Å². The first-order valence-electron chi connectivity index (χ1n) is 7.84. The van der Waals surface area contributed by atoms with Gasteiger partial charge < -0.3 is 19.3 Å². The Kier molecular flexibility index (Phi) is 3.79. The predicted molar refractivity (Wildman–Crippen MR) is 96.5 cm³/mol. The molecule has 1 aliphatic heterocycles. The number of hydrogen-bond donors (Lipinski definition) is 1. The number of nitriles is 1. The third-order valence-corrected chi connectivity index (χ3v) is 4.56. The van der Waals surface area contributed by atoms with Crippen molar-refractivity contribution >= 4 is 22.6 Å². The minimum atomic E-state index is -1.07. The highest BCUT2D eigenvalue weighted by Crippen LogP contribution is 2.39. The van der Waals surface area contributed by atoms with Gasteiger partial charge in [0.2, 0.25) is 5.88 Å². The van der Waals surface area contributed by atoms with E-state index in [2.05, 4.69) is 0 Å². The van der Waals surface area contributed by atoms with Crippen LogP contribution in [0, 0.1) is 18.3 Å². The lowest BCUT2D eigenvalue weighted by Crippen LogP contribution is -2.29. The van der Waals surface area contributed by atoms with Crippen LogP contribution in [-0.4, -0.2) is 0 Å². The number of aryl methyl sites for hydroxylation is 1. The molecule has 1 unspecified atom stereocenters. The van der Waals surface area contributed by atoms with E-state index in [0.29, 0.717) is 16.4 Å². The monoisotopic (exact) mass is 382 g/mol. The Morgan fingerprint density at radius 1 is 1.26 bits per heavy atom. The maximum atomic E-state index is 13.1. The van der Waals surface area contributed by atoms with Crippen LogP contribution in [0.15, 0.2) is 60.4 Å². The van der Waals surface area contributed by atoms with Crippen molar-refractivity contribution in [2.75, 3.05) is 0 Å². The van der Waals surface area contributed by atoms with E-state index in [-0.39, 0.29) is 33.7 Å². The fourth-order valence-corrected chi connectivity index (χ4v) is 3.32. The van der Waals surface area contributed by atoms with Crippen LogP contribution in [0.1, 0.15) is 22.8 Å². The zero-order chi connectivity index (χ0) is 19.3. The first-order valence-corrected chi connectivity index (χ1v) is 8.21. The van der Waals surface area contributed by atoms with Crippen LogP contribution in [0.2, 0.25) is 5.02 Å². The molecule has 27 heavy (non-hydrogen) atoms. The van der Waals surface area contributed by atoms with E-state index >= 15 is 0 Å². The number of nitrogens with zero attached hydrogens (tertiary/aromatic N) is 1. The summed E-state index contributed by atoms with van der Waals surface area (Å²) in [6.45, 7) is 1.58. The van der Waals surface area contributed by atoms with Crippen molar-refractivity contribution in [3.63, 3.8) is 0 Å². The molecular weight excluding hydrogens is 372 g/mol. The normalized spacial score (nSPS) is 16.0. The Hall–Kier alpha value is -3.50. The van der Waals surface area contributed by atoms with E-state index in [1.165, 1.54) is 18.4 Å². The second-order valence-electron chi connectivity index (χ2n) is 6.01. The number of rotatable bonds is 1. The molecule has 2 aromatic heterocycles. The molecule has 0 radical (unpaired) electrons. The van der Waals surface area contributed by atoms with Gasteiger partial charge in [-0.15, -0.1) is 0 Å². The Morgan fingerprint density at radius 2 is 2.04 bits per heavy atom. The SMILES string of the molecule is Cc1cc2c(c(=O)o1)C(c1coc3ccc(Cl)cc3c1=O)C(C#N)=C(N)O2. The summed E-state index contributed by atoms with van der Waals surface area (Å²) in [6, 6.07) is 8.01. The van der Waals surface area contributed by atoms with Crippen LogP contribution in [0.3, 0.4) is 0 Å². The predicted octanol–water partition coefficient (Wildman–Crippen LogP) is 2.93. The van der Waals surface area contributed by atoms with Gasteiger partial charge in [0.1, 0.15) is 28.7 Å². The van der Waals surface area contributed by atoms with E-state index in [1.807, 2.05) is 6.07 Å². The van der Waals surface area contributed by atoms with Gasteiger partial charge in [0.25, 0.3) is 0 Å². The van der Waals surface area contributed by atoms with Gasteiger partial charge in [-0.2, -0.15) is 5.26 Å². The molecule has 3 heterocycles. The maximum absolute atomic E-state index is 13.1. The molecule has 2 N–H and O–H groups in total. The molecule has 3 aromatic rings. The summed E-state index contributed by atoms with van der Waals surface area (Å²) in [6.07, 6.45) is 1.21. The molecule has 0 fully saturated rings. The van der Waals surface area contributed by atoms with Crippen LogP contribution in [0.25, 0.3) is 11.0 Å². The van der Waals surface area contributed by atoms with Gasteiger partial charge in [0.15, 0.2) is 5.43 Å². The average molecular weight is 383 g/mol. The molecule has 0 aliphatic carbocycles. The van der Waals surface area contributed by atoms with Crippen LogP contribution < -0.4 is 21.5 Å². The highest BCUT2D eigenvalue weighted by molar-refractivity contribution is 6.31. The topological polar surface area (TPSA) is 119 Å². The van der Waals surface area contributed by atoms with Crippen molar-refractivity contribution in [2.24, 2.45) is 5.73 Å². The highest BCUT2D eigenvalue weighted by atomic mass is 35.5. The standard InChI is InChI=1S/C19H11ClN2O5/c1-8-4-14-16(19(24)26-8)15(11(6-21)18(22)27-14)12-7-25-13-3-2-9(20)5-10(13)17(12)23/h2-5,7,15H,22H2,1H3. The fourth-order valence-electron chi connectivity index (χ4n) is 3.15. The number of halogens is 1. The molecule has 0 bridgehead atoms. The largest absolute Gasteiger partial charge is 0.464 e. The molecule has 0 amide bonds. The van der Waals surface area contributed by atoms with E-state index in [1.54, 1.807) is 19.1 Å². The van der Waals surface area contributed by atoms with Crippen molar-refractivity contribution in [3.8, 4) is 11.8 Å². The molecule has 1 atom stereocenters. The molecule has 0 saturated heterocycles. The number of fused-ring (bicyclic) bond motifs is 2. The van der Waals surface area contributed by atoms with Gasteiger partial charge in [0.05, 0.1) is 23.1 Å². The Morgan fingerprint density at radius 3 is 2.78 bits per heavy atom. The zero-order valence-corrected chi connectivity index (χ0v) is 14.7.